The van der Waals surface area contributed by atoms with Crippen LogP contribution in [0, 0.1) is 11.8 Å². The Kier molecular flexibility index (Phi) is 5.04. The van der Waals surface area contributed by atoms with E-state index in [9.17, 15) is 14.4 Å². The van der Waals surface area contributed by atoms with E-state index in [0.29, 0.717) is 12.8 Å². The Hall–Kier alpha value is -2.08. The number of thioether (sulfide) groups is 1. The van der Waals surface area contributed by atoms with Crippen molar-refractivity contribution in [2.24, 2.45) is 11.8 Å². The van der Waals surface area contributed by atoms with Gasteiger partial charge < -0.3 is 5.32 Å². The maximum absolute atomic E-state index is 12.3. The number of nitrogens with zero attached hydrogens (tertiary/aromatic N) is 1. The number of carbonyl (C=O) groups excluding carboxylic acids is 3. The summed E-state index contributed by atoms with van der Waals surface area (Å²) in [7, 11) is 0. The van der Waals surface area contributed by atoms with Gasteiger partial charge in [0.1, 0.15) is 0 Å². The molecule has 6 heteroatoms. The van der Waals surface area contributed by atoms with E-state index in [1.165, 1.54) is 4.90 Å². The van der Waals surface area contributed by atoms with Crippen molar-refractivity contribution >= 4 is 35.2 Å². The molecule has 2 unspecified atom stereocenters. The summed E-state index contributed by atoms with van der Waals surface area (Å²) in [6.45, 7) is 0.152. The number of fused-ring (bicyclic) bond motifs is 1. The van der Waals surface area contributed by atoms with Crippen molar-refractivity contribution in [3.8, 4) is 0 Å². The van der Waals surface area contributed by atoms with E-state index in [1.54, 1.807) is 11.8 Å². The number of amides is 3. The van der Waals surface area contributed by atoms with Gasteiger partial charge in [0.25, 0.3) is 0 Å². The van der Waals surface area contributed by atoms with E-state index in [0.717, 1.165) is 10.6 Å². The fourth-order valence-corrected chi connectivity index (χ4v) is 3.61. The molecule has 5 nitrogen and oxygen atoms in total. The molecule has 1 aromatic carbocycles. The predicted octanol–water partition coefficient (Wildman–Crippen LogP) is 2.69. The van der Waals surface area contributed by atoms with Gasteiger partial charge in [-0.3, -0.25) is 19.3 Å². The zero-order chi connectivity index (χ0) is 17.1. The monoisotopic (exact) mass is 344 g/mol. The second kappa shape index (κ2) is 7.21. The number of carbonyl (C=O) groups is 3. The standard InChI is InChI=1S/C18H20N2O3S/c1-24-13-8-6-12(7-9-13)19-16(21)10-11-20-17(22)14-4-2-3-5-15(14)18(20)23/h2-3,6-9,14-15H,4-5,10-11H2,1H3,(H,19,21). The summed E-state index contributed by atoms with van der Waals surface area (Å²) in [4.78, 5) is 39.1. The molecule has 1 saturated heterocycles. The van der Waals surface area contributed by atoms with Crippen LogP contribution < -0.4 is 5.32 Å². The van der Waals surface area contributed by atoms with Gasteiger partial charge in [-0.25, -0.2) is 0 Å². The number of likely N-dealkylation sites (tertiary alicyclic amines) is 1. The van der Waals surface area contributed by atoms with Gasteiger partial charge in [-0.2, -0.15) is 0 Å². The van der Waals surface area contributed by atoms with E-state index in [-0.39, 0.29) is 42.5 Å². The number of rotatable bonds is 5. The molecule has 24 heavy (non-hydrogen) atoms. The molecular formula is C18H20N2O3S. The smallest absolute Gasteiger partial charge is 0.233 e. The van der Waals surface area contributed by atoms with Crippen LogP contribution >= 0.6 is 11.8 Å². The molecule has 126 valence electrons. The van der Waals surface area contributed by atoms with Crippen LogP contribution in [0.1, 0.15) is 19.3 Å². The Morgan fingerprint density at radius 1 is 1.12 bits per heavy atom. The largest absolute Gasteiger partial charge is 0.326 e. The quantitative estimate of drug-likeness (QED) is 0.507. The Morgan fingerprint density at radius 3 is 2.25 bits per heavy atom. The highest BCUT2D eigenvalue weighted by Crippen LogP contribution is 2.35. The molecule has 0 spiro atoms. The number of benzene rings is 1. The minimum atomic E-state index is -0.232. The zero-order valence-electron chi connectivity index (χ0n) is 13.5. The molecule has 1 aliphatic carbocycles. The van der Waals surface area contributed by atoms with Crippen molar-refractivity contribution in [1.29, 1.82) is 0 Å². The first kappa shape index (κ1) is 16.8. The lowest BCUT2D eigenvalue weighted by Crippen LogP contribution is -2.34. The maximum Gasteiger partial charge on any atom is 0.233 e. The molecule has 0 bridgehead atoms. The van der Waals surface area contributed by atoms with E-state index >= 15 is 0 Å². The van der Waals surface area contributed by atoms with E-state index in [4.69, 9.17) is 0 Å². The van der Waals surface area contributed by atoms with Gasteiger partial charge in [0.2, 0.25) is 17.7 Å². The van der Waals surface area contributed by atoms with Crippen molar-refractivity contribution < 1.29 is 14.4 Å². The van der Waals surface area contributed by atoms with Gasteiger partial charge in [-0.1, -0.05) is 12.2 Å². The summed E-state index contributed by atoms with van der Waals surface area (Å²) in [5, 5.41) is 2.80. The van der Waals surface area contributed by atoms with Crippen LogP contribution in [-0.2, 0) is 14.4 Å². The summed E-state index contributed by atoms with van der Waals surface area (Å²) in [6, 6.07) is 7.56. The molecule has 3 amide bonds. The average molecular weight is 344 g/mol. The molecule has 0 aromatic heterocycles. The van der Waals surface area contributed by atoms with Gasteiger partial charge in [0.15, 0.2) is 0 Å². The van der Waals surface area contributed by atoms with Crippen LogP contribution in [0.5, 0.6) is 0 Å². The van der Waals surface area contributed by atoms with Crippen LogP contribution in [0.2, 0.25) is 0 Å². The van der Waals surface area contributed by atoms with E-state index in [2.05, 4.69) is 5.32 Å². The topological polar surface area (TPSA) is 66.5 Å². The second-order valence-electron chi connectivity index (χ2n) is 6.01. The van der Waals surface area contributed by atoms with Crippen molar-refractivity contribution in [1.82, 2.24) is 4.90 Å². The second-order valence-corrected chi connectivity index (χ2v) is 6.89. The van der Waals surface area contributed by atoms with Gasteiger partial charge in [-0.15, -0.1) is 11.8 Å². The van der Waals surface area contributed by atoms with Crippen LogP contribution in [0.4, 0.5) is 5.69 Å². The minimum Gasteiger partial charge on any atom is -0.326 e. The zero-order valence-corrected chi connectivity index (χ0v) is 14.3. The Bertz CT molecular complexity index is 658. The average Bonchev–Trinajstić information content (AvgIpc) is 2.85. The Balaban J connectivity index is 1.54. The first-order valence-corrected chi connectivity index (χ1v) is 9.26. The molecule has 0 saturated carbocycles. The molecule has 1 fully saturated rings. The first-order valence-electron chi connectivity index (χ1n) is 8.04. The SMILES string of the molecule is CSc1ccc(NC(=O)CCN2C(=O)C3CC=CCC3C2=O)cc1. The Morgan fingerprint density at radius 2 is 1.71 bits per heavy atom. The number of nitrogens with one attached hydrogen (secondary N) is 1. The minimum absolute atomic E-state index is 0.120. The van der Waals surface area contributed by atoms with Crippen LogP contribution in [0.3, 0.4) is 0 Å². The predicted molar refractivity (Wildman–Crippen MR) is 93.5 cm³/mol. The summed E-state index contributed by atoms with van der Waals surface area (Å²) in [5.74, 6) is -0.923. The first-order chi connectivity index (χ1) is 11.6. The molecule has 2 aliphatic rings. The molecule has 3 rings (SSSR count). The van der Waals surface area contributed by atoms with Crippen molar-refractivity contribution in [2.45, 2.75) is 24.2 Å². The van der Waals surface area contributed by atoms with E-state index < -0.39 is 0 Å². The lowest BCUT2D eigenvalue weighted by molar-refractivity contribution is -0.140. The summed E-state index contributed by atoms with van der Waals surface area (Å²) in [6.07, 6.45) is 7.28. The summed E-state index contributed by atoms with van der Waals surface area (Å²) in [5.41, 5.74) is 0.717. The number of hydrogen-bond acceptors (Lipinski definition) is 4. The van der Waals surface area contributed by atoms with Gasteiger partial charge in [0.05, 0.1) is 11.8 Å². The molecule has 0 radical (unpaired) electrons. The number of imide groups is 1. The van der Waals surface area contributed by atoms with Crippen LogP contribution in [0.25, 0.3) is 0 Å². The van der Waals surface area contributed by atoms with E-state index in [1.807, 2.05) is 42.7 Å². The maximum atomic E-state index is 12.3. The molecule has 1 N–H and O–H groups in total. The van der Waals surface area contributed by atoms with Gasteiger partial charge in [0, 0.05) is 23.5 Å². The lowest BCUT2D eigenvalue weighted by atomic mass is 9.85. The molecule has 1 heterocycles. The number of anilines is 1. The van der Waals surface area contributed by atoms with Crippen molar-refractivity contribution in [2.75, 3.05) is 18.1 Å². The third kappa shape index (κ3) is 3.38. The molecule has 1 aromatic rings. The van der Waals surface area contributed by atoms with Crippen LogP contribution in [-0.4, -0.2) is 35.4 Å². The van der Waals surface area contributed by atoms with Gasteiger partial charge in [-0.05, 0) is 43.4 Å². The number of allylic oxidation sites excluding steroid dienone is 2. The third-order valence-electron chi connectivity index (χ3n) is 4.54. The third-order valence-corrected chi connectivity index (χ3v) is 5.28. The molecule has 1 aliphatic heterocycles. The lowest BCUT2D eigenvalue weighted by Gasteiger charge is -2.14. The van der Waals surface area contributed by atoms with Crippen molar-refractivity contribution in [3.63, 3.8) is 0 Å². The highest BCUT2D eigenvalue weighted by Gasteiger charge is 2.46. The fraction of sp³-hybridized carbons (Fsp3) is 0.389. The van der Waals surface area contributed by atoms with Gasteiger partial charge >= 0.3 is 0 Å². The van der Waals surface area contributed by atoms with Crippen LogP contribution in [0.15, 0.2) is 41.3 Å². The summed E-state index contributed by atoms with van der Waals surface area (Å²) < 4.78 is 0. The fourth-order valence-electron chi connectivity index (χ4n) is 3.20. The molecule has 2 atom stereocenters. The summed E-state index contributed by atoms with van der Waals surface area (Å²) >= 11 is 1.63. The highest BCUT2D eigenvalue weighted by atomic mass is 32.2. The highest BCUT2D eigenvalue weighted by molar-refractivity contribution is 7.98. The number of hydrogen-bond donors (Lipinski definition) is 1. The normalized spacial score (nSPS) is 22.6. The van der Waals surface area contributed by atoms with Crippen molar-refractivity contribution in [3.05, 3.63) is 36.4 Å². The molecular weight excluding hydrogens is 324 g/mol. The Labute approximate surface area is 145 Å².